The molecule has 0 saturated carbocycles. The number of hydrogen-bond donors (Lipinski definition) is 1. The number of carbonyl (C=O) groups is 1. The lowest BCUT2D eigenvalue weighted by Gasteiger charge is -2.21. The Morgan fingerprint density at radius 3 is 2.38 bits per heavy atom. The van der Waals surface area contributed by atoms with Crippen molar-refractivity contribution in [3.05, 3.63) is 96.8 Å². The second kappa shape index (κ2) is 10.7. The van der Waals surface area contributed by atoms with E-state index in [4.69, 9.17) is 27.9 Å². The molecular weight excluding hydrogens is 562 g/mol. The van der Waals surface area contributed by atoms with E-state index in [0.29, 0.717) is 11.6 Å². The molecule has 0 spiro atoms. The number of nitro benzene ring substituents is 1. The van der Waals surface area contributed by atoms with Crippen LogP contribution < -0.4 is 4.72 Å². The highest BCUT2D eigenvalue weighted by molar-refractivity contribution is 7.89. The van der Waals surface area contributed by atoms with E-state index < -0.39 is 54.3 Å². The fourth-order valence-corrected chi connectivity index (χ4v) is 4.84. The molecule has 9 nitrogen and oxygen atoms in total. The number of nitrogens with one attached hydrogen (secondary N) is 1. The number of pyridine rings is 1. The lowest BCUT2D eigenvalue weighted by atomic mass is 10.0. The first-order chi connectivity index (χ1) is 17.2. The number of non-ortho nitro benzene ring substituents is 1. The fourth-order valence-electron chi connectivity index (χ4n) is 3.25. The number of hydrogen-bond acceptors (Lipinski definition) is 7. The number of sulfonamides is 1. The fraction of sp³-hybridized carbons (Fsp3) is 0.182. The predicted molar refractivity (Wildman–Crippen MR) is 127 cm³/mol. The molecule has 1 N–H and O–H groups in total. The number of nitro groups is 1. The summed E-state index contributed by atoms with van der Waals surface area (Å²) >= 11 is 11.7. The summed E-state index contributed by atoms with van der Waals surface area (Å²) in [6.07, 6.45) is -5.22. The minimum Gasteiger partial charge on any atom is -0.361 e. The van der Waals surface area contributed by atoms with Crippen LogP contribution in [-0.2, 0) is 20.9 Å². The molecular formula is C22H16Cl2F3N3O6S. The molecule has 0 saturated heterocycles. The molecule has 0 aliphatic carbocycles. The van der Waals surface area contributed by atoms with Crippen molar-refractivity contribution in [2.24, 2.45) is 0 Å². The van der Waals surface area contributed by atoms with Crippen molar-refractivity contribution in [1.29, 1.82) is 0 Å². The van der Waals surface area contributed by atoms with Crippen molar-refractivity contribution < 1.29 is 36.0 Å². The monoisotopic (exact) mass is 577 g/mol. The number of benzene rings is 2. The first-order valence-corrected chi connectivity index (χ1v) is 12.3. The number of halogens is 5. The molecule has 0 amide bonds. The van der Waals surface area contributed by atoms with Gasteiger partial charge in [-0.2, -0.15) is 17.9 Å². The standard InChI is InChI=1S/C22H16Cl2F3N3O6S/c1-11-7-15(19(28-10-11)20(31)14-8-12(30(32)33)3-5-17(14)23)21(36-2)29-37(34,35)13-4-6-18(24)16(9-13)22(25,26)27/h3-10,21,29H,1-2H3. The topological polar surface area (TPSA) is 128 Å². The Kier molecular flexibility index (Phi) is 8.24. The van der Waals surface area contributed by atoms with Crippen LogP contribution in [0.25, 0.3) is 0 Å². The number of ether oxygens (including phenoxy) is 1. The van der Waals surface area contributed by atoms with Crippen LogP contribution in [0.5, 0.6) is 0 Å². The van der Waals surface area contributed by atoms with E-state index in [2.05, 4.69) is 9.71 Å². The van der Waals surface area contributed by atoms with Crippen molar-refractivity contribution in [1.82, 2.24) is 9.71 Å². The minimum absolute atomic E-state index is 0.108. The van der Waals surface area contributed by atoms with Gasteiger partial charge in [0.2, 0.25) is 15.8 Å². The molecule has 0 fully saturated rings. The van der Waals surface area contributed by atoms with Gasteiger partial charge in [-0.1, -0.05) is 23.2 Å². The van der Waals surface area contributed by atoms with E-state index in [0.717, 1.165) is 37.4 Å². The van der Waals surface area contributed by atoms with E-state index in [9.17, 15) is 36.5 Å². The maximum atomic E-state index is 13.3. The predicted octanol–water partition coefficient (Wildman–Crippen LogP) is 5.48. The molecule has 196 valence electrons. The number of methoxy groups -OCH3 is 1. The molecule has 3 aromatic rings. The number of ketones is 1. The van der Waals surface area contributed by atoms with Gasteiger partial charge in [0.05, 0.1) is 25.4 Å². The van der Waals surface area contributed by atoms with Crippen LogP contribution in [0.4, 0.5) is 18.9 Å². The quantitative estimate of drug-likeness (QED) is 0.162. The molecule has 3 rings (SSSR count). The van der Waals surface area contributed by atoms with Crippen LogP contribution in [0.2, 0.25) is 10.0 Å². The van der Waals surface area contributed by atoms with Crippen molar-refractivity contribution in [3.8, 4) is 0 Å². The van der Waals surface area contributed by atoms with E-state index >= 15 is 0 Å². The zero-order valence-corrected chi connectivity index (χ0v) is 21.2. The Labute approximate surface area is 218 Å². The SMILES string of the molecule is COC(NS(=O)(=O)c1ccc(Cl)c(C(F)(F)F)c1)c1cc(C)cnc1C(=O)c1cc([N+](=O)[O-])ccc1Cl. The molecule has 37 heavy (non-hydrogen) atoms. The zero-order chi connectivity index (χ0) is 27.7. The van der Waals surface area contributed by atoms with Crippen LogP contribution in [0.3, 0.4) is 0 Å². The van der Waals surface area contributed by atoms with Gasteiger partial charge in [0, 0.05) is 36.6 Å². The third-order valence-electron chi connectivity index (χ3n) is 5.01. The first-order valence-electron chi connectivity index (χ1n) is 10.0. The summed E-state index contributed by atoms with van der Waals surface area (Å²) in [6, 6.07) is 6.57. The maximum Gasteiger partial charge on any atom is 0.417 e. The summed E-state index contributed by atoms with van der Waals surface area (Å²) in [4.78, 5) is 27.0. The van der Waals surface area contributed by atoms with Crippen molar-refractivity contribution in [3.63, 3.8) is 0 Å². The third-order valence-corrected chi connectivity index (χ3v) is 7.07. The Balaban J connectivity index is 2.07. The third kappa shape index (κ3) is 6.25. The summed E-state index contributed by atoms with van der Waals surface area (Å²) < 4.78 is 73.0. The minimum atomic E-state index is -4.92. The van der Waals surface area contributed by atoms with Gasteiger partial charge >= 0.3 is 6.18 Å². The average Bonchev–Trinajstić information content (AvgIpc) is 2.81. The molecule has 0 bridgehead atoms. The molecule has 0 aliphatic rings. The summed E-state index contributed by atoms with van der Waals surface area (Å²) in [7, 11) is -3.56. The highest BCUT2D eigenvalue weighted by Crippen LogP contribution is 2.36. The Bertz CT molecular complexity index is 1500. The summed E-state index contributed by atoms with van der Waals surface area (Å²) in [6.45, 7) is 1.58. The van der Waals surface area contributed by atoms with E-state index in [1.165, 1.54) is 12.3 Å². The van der Waals surface area contributed by atoms with Crippen LogP contribution in [-0.4, -0.2) is 31.2 Å². The molecule has 1 aromatic heterocycles. The molecule has 0 radical (unpaired) electrons. The second-order valence-electron chi connectivity index (χ2n) is 7.58. The number of aryl methyl sites for hydroxylation is 1. The van der Waals surface area contributed by atoms with Gasteiger partial charge in [0.25, 0.3) is 5.69 Å². The van der Waals surface area contributed by atoms with Crippen LogP contribution in [0.1, 0.15) is 39.0 Å². The number of rotatable bonds is 8. The molecule has 0 aliphatic heterocycles. The number of nitrogens with zero attached hydrogens (tertiary/aromatic N) is 2. The number of aromatic nitrogens is 1. The van der Waals surface area contributed by atoms with Crippen molar-refractivity contribution >= 4 is 44.7 Å². The molecule has 1 heterocycles. The second-order valence-corrected chi connectivity index (χ2v) is 10.1. The van der Waals surface area contributed by atoms with Crippen molar-refractivity contribution in [2.75, 3.05) is 7.11 Å². The molecule has 1 unspecified atom stereocenters. The van der Waals surface area contributed by atoms with Gasteiger partial charge in [-0.05, 0) is 42.8 Å². The number of carbonyl (C=O) groups excluding carboxylic acids is 1. The zero-order valence-electron chi connectivity index (χ0n) is 18.8. The van der Waals surface area contributed by atoms with Gasteiger partial charge in [0.1, 0.15) is 11.9 Å². The van der Waals surface area contributed by atoms with Gasteiger partial charge in [-0.3, -0.25) is 19.9 Å². The van der Waals surface area contributed by atoms with Gasteiger partial charge < -0.3 is 4.74 Å². The summed E-state index contributed by atoms with van der Waals surface area (Å²) in [5, 5.41) is 10.3. The molecule has 2 aromatic carbocycles. The Morgan fingerprint density at radius 1 is 1.14 bits per heavy atom. The molecule has 1 atom stereocenters. The van der Waals surface area contributed by atoms with Crippen LogP contribution in [0.15, 0.2) is 53.6 Å². The summed E-state index contributed by atoms with van der Waals surface area (Å²) in [5.41, 5.74) is -2.05. The maximum absolute atomic E-state index is 13.3. The van der Waals surface area contributed by atoms with Gasteiger partial charge in [0.15, 0.2) is 0 Å². The molecule has 15 heteroatoms. The first kappa shape index (κ1) is 28.5. The number of alkyl halides is 3. The van der Waals surface area contributed by atoms with Gasteiger partial charge in [-0.15, -0.1) is 0 Å². The smallest absolute Gasteiger partial charge is 0.361 e. The Hall–Kier alpha value is -3.10. The van der Waals surface area contributed by atoms with Crippen molar-refractivity contribution in [2.45, 2.75) is 24.2 Å². The normalized spacial score (nSPS) is 12.8. The largest absolute Gasteiger partial charge is 0.417 e. The summed E-state index contributed by atoms with van der Waals surface area (Å²) in [5.74, 6) is -0.879. The average molecular weight is 578 g/mol. The lowest BCUT2D eigenvalue weighted by Crippen LogP contribution is -2.31. The highest BCUT2D eigenvalue weighted by Gasteiger charge is 2.35. The van der Waals surface area contributed by atoms with Crippen LogP contribution in [0, 0.1) is 17.0 Å². The van der Waals surface area contributed by atoms with E-state index in [-0.39, 0.29) is 21.8 Å². The van der Waals surface area contributed by atoms with E-state index in [1.807, 2.05) is 0 Å². The van der Waals surface area contributed by atoms with Crippen LogP contribution >= 0.6 is 23.2 Å². The highest BCUT2D eigenvalue weighted by atomic mass is 35.5. The van der Waals surface area contributed by atoms with E-state index in [1.54, 1.807) is 6.92 Å². The Morgan fingerprint density at radius 2 is 1.78 bits per heavy atom. The lowest BCUT2D eigenvalue weighted by molar-refractivity contribution is -0.384. The van der Waals surface area contributed by atoms with Gasteiger partial charge in [-0.25, -0.2) is 8.42 Å².